The van der Waals surface area contributed by atoms with Gasteiger partial charge < -0.3 is 5.32 Å². The molecule has 0 atom stereocenters. The second-order valence-electron chi connectivity index (χ2n) is 5.66. The first-order chi connectivity index (χ1) is 12.3. The molecule has 0 aliphatic rings. The van der Waals surface area contributed by atoms with Crippen molar-refractivity contribution < 1.29 is 18.0 Å². The zero-order chi connectivity index (χ0) is 18.9. The van der Waals surface area contributed by atoms with E-state index in [4.69, 9.17) is 0 Å². The van der Waals surface area contributed by atoms with E-state index in [9.17, 15) is 18.0 Å². The minimum atomic E-state index is -4.59. The van der Waals surface area contributed by atoms with E-state index in [1.807, 2.05) is 0 Å². The van der Waals surface area contributed by atoms with Gasteiger partial charge in [-0.15, -0.1) is 0 Å². The standard InChI is InChI=1S/C16H15F3N6O/c1-24-8-10(7-22-24)13-12(4-3-5-20-13)15(26)21-6-11-9-25(2)23-14(11)16(17,18)19/h3-5,7-9H,6H2,1-2H3,(H,21,26). The normalized spacial score (nSPS) is 11.6. The monoisotopic (exact) mass is 364 g/mol. The average Bonchev–Trinajstić information content (AvgIpc) is 3.18. The smallest absolute Gasteiger partial charge is 0.348 e. The number of halogens is 3. The molecule has 136 valence electrons. The van der Waals surface area contributed by atoms with Crippen LogP contribution in [0.25, 0.3) is 11.3 Å². The van der Waals surface area contributed by atoms with Gasteiger partial charge in [0, 0.05) is 50.4 Å². The second-order valence-corrected chi connectivity index (χ2v) is 5.66. The Morgan fingerprint density at radius 1 is 1.23 bits per heavy atom. The first kappa shape index (κ1) is 17.6. The van der Waals surface area contributed by atoms with Gasteiger partial charge in [0.05, 0.1) is 17.5 Å². The van der Waals surface area contributed by atoms with Crippen molar-refractivity contribution in [2.24, 2.45) is 14.1 Å². The van der Waals surface area contributed by atoms with E-state index in [0.717, 1.165) is 4.68 Å². The third-order valence-corrected chi connectivity index (χ3v) is 3.64. The lowest BCUT2D eigenvalue weighted by Crippen LogP contribution is -2.25. The van der Waals surface area contributed by atoms with E-state index in [1.165, 1.54) is 19.4 Å². The minimum absolute atomic E-state index is 0.111. The van der Waals surface area contributed by atoms with Crippen molar-refractivity contribution in [2.45, 2.75) is 12.7 Å². The fraction of sp³-hybridized carbons (Fsp3) is 0.250. The number of pyridine rings is 1. The molecule has 0 unspecified atom stereocenters. The van der Waals surface area contributed by atoms with E-state index < -0.39 is 17.8 Å². The van der Waals surface area contributed by atoms with Crippen molar-refractivity contribution in [2.75, 3.05) is 0 Å². The average molecular weight is 364 g/mol. The summed E-state index contributed by atoms with van der Waals surface area (Å²) in [5.41, 5.74) is 0.160. The lowest BCUT2D eigenvalue weighted by atomic mass is 10.1. The molecule has 0 aromatic carbocycles. The molecule has 0 saturated heterocycles. The molecule has 0 fully saturated rings. The van der Waals surface area contributed by atoms with E-state index in [2.05, 4.69) is 20.5 Å². The fourth-order valence-electron chi connectivity index (χ4n) is 2.54. The number of hydrogen-bond acceptors (Lipinski definition) is 4. The van der Waals surface area contributed by atoms with Crippen LogP contribution in [-0.2, 0) is 26.8 Å². The van der Waals surface area contributed by atoms with Crippen molar-refractivity contribution in [1.29, 1.82) is 0 Å². The number of aromatic nitrogens is 5. The summed E-state index contributed by atoms with van der Waals surface area (Å²) in [4.78, 5) is 16.7. The third-order valence-electron chi connectivity index (χ3n) is 3.64. The third kappa shape index (κ3) is 3.58. The number of amides is 1. The number of nitrogens with one attached hydrogen (secondary N) is 1. The predicted octanol–water partition coefficient (Wildman–Crippen LogP) is 2.16. The van der Waals surface area contributed by atoms with Gasteiger partial charge in [0.2, 0.25) is 0 Å². The molecule has 3 aromatic rings. The quantitative estimate of drug-likeness (QED) is 0.770. The lowest BCUT2D eigenvalue weighted by Gasteiger charge is -2.09. The van der Waals surface area contributed by atoms with Gasteiger partial charge >= 0.3 is 6.18 Å². The molecule has 3 heterocycles. The van der Waals surface area contributed by atoms with Crippen LogP contribution < -0.4 is 5.32 Å². The Bertz CT molecular complexity index is 944. The first-order valence-corrected chi connectivity index (χ1v) is 7.57. The molecule has 0 radical (unpaired) electrons. The molecule has 1 N–H and O–H groups in total. The van der Waals surface area contributed by atoms with Crippen LogP contribution in [0.4, 0.5) is 13.2 Å². The molecule has 0 bridgehead atoms. The summed E-state index contributed by atoms with van der Waals surface area (Å²) in [6.07, 6.45) is 1.43. The van der Waals surface area contributed by atoms with Crippen molar-refractivity contribution in [3.63, 3.8) is 0 Å². The van der Waals surface area contributed by atoms with E-state index >= 15 is 0 Å². The Labute approximate surface area is 146 Å². The van der Waals surface area contributed by atoms with Crippen molar-refractivity contribution >= 4 is 5.91 Å². The molecular formula is C16H15F3N6O. The van der Waals surface area contributed by atoms with Crippen LogP contribution >= 0.6 is 0 Å². The summed E-state index contributed by atoms with van der Waals surface area (Å²) in [6.45, 7) is -0.303. The summed E-state index contributed by atoms with van der Waals surface area (Å²) in [5.74, 6) is -0.533. The van der Waals surface area contributed by atoms with Crippen molar-refractivity contribution in [3.8, 4) is 11.3 Å². The van der Waals surface area contributed by atoms with Gasteiger partial charge in [-0.05, 0) is 12.1 Å². The highest BCUT2D eigenvalue weighted by atomic mass is 19.4. The number of rotatable bonds is 4. The highest BCUT2D eigenvalue weighted by Crippen LogP contribution is 2.30. The largest absolute Gasteiger partial charge is 0.435 e. The molecule has 1 amide bonds. The number of alkyl halides is 3. The maximum absolute atomic E-state index is 13.0. The molecule has 0 aliphatic heterocycles. The van der Waals surface area contributed by atoms with Crippen molar-refractivity contribution in [1.82, 2.24) is 29.9 Å². The highest BCUT2D eigenvalue weighted by Gasteiger charge is 2.36. The number of hydrogen-bond donors (Lipinski definition) is 1. The topological polar surface area (TPSA) is 77.6 Å². The summed E-state index contributed by atoms with van der Waals surface area (Å²) in [6, 6.07) is 3.14. The molecule has 3 rings (SSSR count). The second kappa shape index (κ2) is 6.62. The van der Waals surface area contributed by atoms with Gasteiger partial charge in [-0.1, -0.05) is 0 Å². The number of carbonyl (C=O) groups excluding carboxylic acids is 1. The lowest BCUT2D eigenvalue weighted by molar-refractivity contribution is -0.142. The van der Waals surface area contributed by atoms with Crippen LogP contribution in [0.3, 0.4) is 0 Å². The van der Waals surface area contributed by atoms with Gasteiger partial charge in [0.25, 0.3) is 5.91 Å². The van der Waals surface area contributed by atoms with Crippen LogP contribution in [0.5, 0.6) is 0 Å². The Hall–Kier alpha value is -3.17. The van der Waals surface area contributed by atoms with Gasteiger partial charge in [-0.25, -0.2) is 0 Å². The number of aryl methyl sites for hydroxylation is 2. The molecule has 0 saturated carbocycles. The Balaban J connectivity index is 1.83. The molecule has 3 aromatic heterocycles. The van der Waals surface area contributed by atoms with Crippen LogP contribution in [0.1, 0.15) is 21.6 Å². The minimum Gasteiger partial charge on any atom is -0.348 e. The van der Waals surface area contributed by atoms with Crippen LogP contribution in [0.2, 0.25) is 0 Å². The first-order valence-electron chi connectivity index (χ1n) is 7.57. The molecule has 10 heteroatoms. The molecule has 0 spiro atoms. The molecule has 7 nitrogen and oxygen atoms in total. The highest BCUT2D eigenvalue weighted by molar-refractivity contribution is 5.99. The fourth-order valence-corrected chi connectivity index (χ4v) is 2.54. The van der Waals surface area contributed by atoms with Crippen LogP contribution in [0.15, 0.2) is 36.9 Å². The van der Waals surface area contributed by atoms with E-state index in [-0.39, 0.29) is 17.7 Å². The Kier molecular flexibility index (Phi) is 4.49. The van der Waals surface area contributed by atoms with E-state index in [1.54, 1.807) is 36.3 Å². The maximum atomic E-state index is 13.0. The summed E-state index contributed by atoms with van der Waals surface area (Å²) < 4.78 is 41.6. The van der Waals surface area contributed by atoms with Gasteiger partial charge in [-0.2, -0.15) is 23.4 Å². The van der Waals surface area contributed by atoms with E-state index in [0.29, 0.717) is 11.3 Å². The van der Waals surface area contributed by atoms with Gasteiger partial charge in [-0.3, -0.25) is 19.1 Å². The van der Waals surface area contributed by atoms with Crippen LogP contribution in [-0.4, -0.2) is 30.5 Å². The number of carbonyl (C=O) groups is 1. The summed E-state index contributed by atoms with van der Waals surface area (Å²) in [7, 11) is 3.12. The zero-order valence-corrected chi connectivity index (χ0v) is 13.9. The maximum Gasteiger partial charge on any atom is 0.435 e. The molecular weight excluding hydrogens is 349 g/mol. The summed E-state index contributed by atoms with van der Waals surface area (Å²) in [5, 5.41) is 9.95. The van der Waals surface area contributed by atoms with Crippen LogP contribution in [0, 0.1) is 0 Å². The summed E-state index contributed by atoms with van der Waals surface area (Å²) >= 11 is 0. The predicted molar refractivity (Wildman–Crippen MR) is 85.8 cm³/mol. The molecule has 0 aliphatic carbocycles. The van der Waals surface area contributed by atoms with Crippen molar-refractivity contribution in [3.05, 3.63) is 53.7 Å². The molecule has 26 heavy (non-hydrogen) atoms. The Morgan fingerprint density at radius 2 is 2.00 bits per heavy atom. The van der Waals surface area contributed by atoms with Gasteiger partial charge in [0.1, 0.15) is 0 Å². The zero-order valence-electron chi connectivity index (χ0n) is 13.9. The van der Waals surface area contributed by atoms with Gasteiger partial charge in [0.15, 0.2) is 5.69 Å². The SMILES string of the molecule is Cn1cc(-c2ncccc2C(=O)NCc2cn(C)nc2C(F)(F)F)cn1. The Morgan fingerprint density at radius 3 is 2.65 bits per heavy atom. The number of nitrogens with zero attached hydrogens (tertiary/aromatic N) is 5.